The van der Waals surface area contributed by atoms with Gasteiger partial charge >= 0.3 is 0 Å². The number of hydrogen-bond acceptors (Lipinski definition) is 5. The first-order valence-electron chi connectivity index (χ1n) is 9.03. The Labute approximate surface area is 163 Å². The molecular formula is C20H23N5O3. The molecule has 2 heterocycles. The fourth-order valence-electron chi connectivity index (χ4n) is 3.22. The van der Waals surface area contributed by atoms with Crippen LogP contribution in [0.4, 0.5) is 5.82 Å². The van der Waals surface area contributed by atoms with Gasteiger partial charge in [0.05, 0.1) is 6.42 Å². The highest BCUT2D eigenvalue weighted by Gasteiger charge is 2.34. The number of benzene rings is 1. The molecule has 0 saturated carbocycles. The highest BCUT2D eigenvalue weighted by Crippen LogP contribution is 2.25. The highest BCUT2D eigenvalue weighted by molar-refractivity contribution is 6.00. The van der Waals surface area contributed by atoms with Gasteiger partial charge in [-0.25, -0.2) is 4.98 Å². The molecule has 3 amide bonds. The van der Waals surface area contributed by atoms with Crippen molar-refractivity contribution in [2.45, 2.75) is 19.4 Å². The number of hydrogen-bond donors (Lipinski definition) is 3. The SMILES string of the molecule is CNC(=O)CC1C(=O)NCCN1C(=O)c1ccc(-c2ccc(C)nc2N)cc1. The molecule has 3 rings (SSSR count). The van der Waals surface area contributed by atoms with Gasteiger partial charge < -0.3 is 21.3 Å². The van der Waals surface area contributed by atoms with E-state index in [0.29, 0.717) is 24.5 Å². The lowest BCUT2D eigenvalue weighted by atomic mass is 10.0. The summed E-state index contributed by atoms with van der Waals surface area (Å²) in [6, 6.07) is 9.93. The molecule has 1 aromatic heterocycles. The molecule has 1 aliphatic heterocycles. The summed E-state index contributed by atoms with van der Waals surface area (Å²) in [6.07, 6.45) is -0.0717. The Morgan fingerprint density at radius 3 is 2.61 bits per heavy atom. The fourth-order valence-corrected chi connectivity index (χ4v) is 3.22. The quantitative estimate of drug-likeness (QED) is 0.721. The number of nitrogens with one attached hydrogen (secondary N) is 2. The van der Waals surface area contributed by atoms with Gasteiger partial charge in [0, 0.05) is 37.0 Å². The van der Waals surface area contributed by atoms with Crippen molar-refractivity contribution in [1.29, 1.82) is 0 Å². The van der Waals surface area contributed by atoms with Gasteiger partial charge in [-0.05, 0) is 36.8 Å². The predicted octanol–water partition coefficient (Wildman–Crippen LogP) is 0.716. The second-order valence-electron chi connectivity index (χ2n) is 6.65. The summed E-state index contributed by atoms with van der Waals surface area (Å²) >= 11 is 0. The molecule has 146 valence electrons. The third-order valence-corrected chi connectivity index (χ3v) is 4.76. The number of carbonyl (C=O) groups excluding carboxylic acids is 3. The first kappa shape index (κ1) is 19.3. The van der Waals surface area contributed by atoms with Crippen molar-refractivity contribution < 1.29 is 14.4 Å². The van der Waals surface area contributed by atoms with Gasteiger partial charge in [0.1, 0.15) is 11.9 Å². The van der Waals surface area contributed by atoms with Gasteiger partial charge in [0.15, 0.2) is 0 Å². The topological polar surface area (TPSA) is 117 Å². The van der Waals surface area contributed by atoms with Crippen LogP contribution in [-0.2, 0) is 9.59 Å². The summed E-state index contributed by atoms with van der Waals surface area (Å²) < 4.78 is 0. The van der Waals surface area contributed by atoms with Crippen molar-refractivity contribution in [3.63, 3.8) is 0 Å². The molecule has 1 unspecified atom stereocenters. The summed E-state index contributed by atoms with van der Waals surface area (Å²) in [5, 5.41) is 5.20. The largest absolute Gasteiger partial charge is 0.383 e. The number of anilines is 1. The van der Waals surface area contributed by atoms with Crippen molar-refractivity contribution in [1.82, 2.24) is 20.5 Å². The Bertz CT molecular complexity index is 911. The van der Waals surface area contributed by atoms with Crippen molar-refractivity contribution in [2.24, 2.45) is 0 Å². The van der Waals surface area contributed by atoms with E-state index in [1.807, 2.05) is 19.1 Å². The number of nitrogen functional groups attached to an aromatic ring is 1. The Morgan fingerprint density at radius 2 is 1.96 bits per heavy atom. The van der Waals surface area contributed by atoms with Gasteiger partial charge in [-0.2, -0.15) is 0 Å². The Hall–Kier alpha value is -3.42. The van der Waals surface area contributed by atoms with E-state index in [2.05, 4.69) is 15.6 Å². The second kappa shape index (κ2) is 8.08. The van der Waals surface area contributed by atoms with Crippen molar-refractivity contribution >= 4 is 23.5 Å². The Kier molecular flexibility index (Phi) is 5.58. The molecule has 1 atom stereocenters. The summed E-state index contributed by atoms with van der Waals surface area (Å²) in [6.45, 7) is 2.58. The predicted molar refractivity (Wildman–Crippen MR) is 105 cm³/mol. The van der Waals surface area contributed by atoms with Crippen LogP contribution >= 0.6 is 0 Å². The lowest BCUT2D eigenvalue weighted by Crippen LogP contribution is -2.58. The first-order chi connectivity index (χ1) is 13.4. The molecule has 0 radical (unpaired) electrons. The molecule has 1 saturated heterocycles. The molecule has 1 aromatic carbocycles. The number of aryl methyl sites for hydroxylation is 1. The first-order valence-corrected chi connectivity index (χ1v) is 9.03. The molecule has 8 nitrogen and oxygen atoms in total. The summed E-state index contributed by atoms with van der Waals surface area (Å²) in [5.74, 6) is -0.474. The van der Waals surface area contributed by atoms with Gasteiger partial charge in [-0.3, -0.25) is 14.4 Å². The Morgan fingerprint density at radius 1 is 1.25 bits per heavy atom. The van der Waals surface area contributed by atoms with Crippen LogP contribution < -0.4 is 16.4 Å². The minimum Gasteiger partial charge on any atom is -0.383 e. The number of rotatable bonds is 4. The summed E-state index contributed by atoms with van der Waals surface area (Å²) in [4.78, 5) is 42.6. The molecule has 1 fully saturated rings. The zero-order chi connectivity index (χ0) is 20.3. The van der Waals surface area contributed by atoms with Crippen molar-refractivity contribution in [3.05, 3.63) is 47.7 Å². The number of nitrogens with zero attached hydrogens (tertiary/aromatic N) is 2. The van der Waals surface area contributed by atoms with E-state index in [-0.39, 0.29) is 24.1 Å². The minimum atomic E-state index is -0.821. The summed E-state index contributed by atoms with van der Waals surface area (Å²) in [5.41, 5.74) is 8.91. The molecule has 0 aliphatic carbocycles. The number of carbonyl (C=O) groups is 3. The molecule has 28 heavy (non-hydrogen) atoms. The lowest BCUT2D eigenvalue weighted by Gasteiger charge is -2.34. The molecule has 4 N–H and O–H groups in total. The number of nitrogens with two attached hydrogens (primary N) is 1. The van der Waals surface area contributed by atoms with E-state index in [4.69, 9.17) is 5.73 Å². The van der Waals surface area contributed by atoms with Gasteiger partial charge in [-0.1, -0.05) is 12.1 Å². The van der Waals surface area contributed by atoms with Gasteiger partial charge in [0.2, 0.25) is 11.8 Å². The molecule has 2 aromatic rings. The molecule has 0 spiro atoms. The van der Waals surface area contributed by atoms with E-state index in [0.717, 1.165) is 16.8 Å². The monoisotopic (exact) mass is 381 g/mol. The third kappa shape index (κ3) is 3.95. The van der Waals surface area contributed by atoms with Crippen LogP contribution in [0.2, 0.25) is 0 Å². The van der Waals surface area contributed by atoms with E-state index in [9.17, 15) is 14.4 Å². The average Bonchev–Trinajstić information content (AvgIpc) is 2.69. The number of amides is 3. The van der Waals surface area contributed by atoms with Crippen molar-refractivity contribution in [2.75, 3.05) is 25.9 Å². The van der Waals surface area contributed by atoms with Crippen LogP contribution in [-0.4, -0.2) is 53.8 Å². The van der Waals surface area contributed by atoms with Crippen LogP contribution in [0.3, 0.4) is 0 Å². The van der Waals surface area contributed by atoms with E-state index >= 15 is 0 Å². The minimum absolute atomic E-state index is 0.0717. The zero-order valence-corrected chi connectivity index (χ0v) is 15.9. The average molecular weight is 381 g/mol. The van der Waals surface area contributed by atoms with Crippen molar-refractivity contribution in [3.8, 4) is 11.1 Å². The summed E-state index contributed by atoms with van der Waals surface area (Å²) in [7, 11) is 1.50. The smallest absolute Gasteiger partial charge is 0.254 e. The van der Waals surface area contributed by atoms with Crippen LogP contribution in [0.25, 0.3) is 11.1 Å². The van der Waals surface area contributed by atoms with Gasteiger partial charge in [0.25, 0.3) is 5.91 Å². The fraction of sp³-hybridized carbons (Fsp3) is 0.300. The van der Waals surface area contributed by atoms with E-state index in [1.54, 1.807) is 24.3 Å². The zero-order valence-electron chi connectivity index (χ0n) is 15.9. The third-order valence-electron chi connectivity index (χ3n) is 4.76. The van der Waals surface area contributed by atoms with E-state index in [1.165, 1.54) is 11.9 Å². The normalized spacial score (nSPS) is 16.4. The number of pyridine rings is 1. The molecule has 0 bridgehead atoms. The standard InChI is InChI=1S/C20H23N5O3/c1-12-3-8-15(18(21)24-12)13-4-6-14(7-5-13)20(28)25-10-9-23-19(27)16(25)11-17(26)22-2/h3-8,16H,9-11H2,1-2H3,(H2,21,24)(H,22,26)(H,23,27). The Balaban J connectivity index is 1.83. The lowest BCUT2D eigenvalue weighted by molar-refractivity contribution is -0.132. The van der Waals surface area contributed by atoms with Crippen LogP contribution in [0.5, 0.6) is 0 Å². The van der Waals surface area contributed by atoms with Crippen LogP contribution in [0, 0.1) is 6.92 Å². The van der Waals surface area contributed by atoms with Crippen LogP contribution in [0.15, 0.2) is 36.4 Å². The van der Waals surface area contributed by atoms with Gasteiger partial charge in [-0.15, -0.1) is 0 Å². The van der Waals surface area contributed by atoms with E-state index < -0.39 is 6.04 Å². The maximum Gasteiger partial charge on any atom is 0.254 e. The number of piperazine rings is 1. The molecule has 1 aliphatic rings. The van der Waals surface area contributed by atoms with Crippen LogP contribution in [0.1, 0.15) is 22.5 Å². The number of aromatic nitrogens is 1. The maximum atomic E-state index is 13.0. The highest BCUT2D eigenvalue weighted by atomic mass is 16.2. The second-order valence-corrected chi connectivity index (χ2v) is 6.65. The molecule has 8 heteroatoms. The molecular weight excluding hydrogens is 358 g/mol. The maximum absolute atomic E-state index is 13.0.